The summed E-state index contributed by atoms with van der Waals surface area (Å²) >= 11 is 3.38. The minimum absolute atomic E-state index is 0.283. The van der Waals surface area contributed by atoms with E-state index in [4.69, 9.17) is 15.2 Å². The van der Waals surface area contributed by atoms with E-state index < -0.39 is 0 Å². The van der Waals surface area contributed by atoms with Crippen molar-refractivity contribution in [2.45, 2.75) is 0 Å². The van der Waals surface area contributed by atoms with E-state index in [0.717, 1.165) is 4.47 Å². The second-order valence-electron chi connectivity index (χ2n) is 4.29. The van der Waals surface area contributed by atoms with Crippen molar-refractivity contribution in [3.05, 3.63) is 46.4 Å². The third-order valence-electron chi connectivity index (χ3n) is 2.85. The molecule has 5 nitrogen and oxygen atoms in total. The predicted molar refractivity (Wildman–Crippen MR) is 86.1 cm³/mol. The molecule has 0 heterocycles. The molecule has 2 aromatic carbocycles. The minimum atomic E-state index is -0.283. The first kappa shape index (κ1) is 15.2. The van der Waals surface area contributed by atoms with E-state index in [0.29, 0.717) is 28.4 Å². The first-order chi connectivity index (χ1) is 10.0. The average Bonchev–Trinajstić information content (AvgIpc) is 2.48. The molecule has 2 rings (SSSR count). The van der Waals surface area contributed by atoms with Crippen LogP contribution >= 0.6 is 15.9 Å². The van der Waals surface area contributed by atoms with Crippen molar-refractivity contribution in [1.29, 1.82) is 0 Å². The van der Waals surface area contributed by atoms with Crippen LogP contribution in [0.5, 0.6) is 11.5 Å². The Morgan fingerprint density at radius 1 is 1.10 bits per heavy atom. The average molecular weight is 351 g/mol. The van der Waals surface area contributed by atoms with E-state index in [1.807, 2.05) is 0 Å². The summed E-state index contributed by atoms with van der Waals surface area (Å²) in [6.45, 7) is 0. The smallest absolute Gasteiger partial charge is 0.255 e. The Hall–Kier alpha value is -2.21. The summed E-state index contributed by atoms with van der Waals surface area (Å²) in [6.07, 6.45) is 0. The Morgan fingerprint density at radius 2 is 1.81 bits per heavy atom. The quantitative estimate of drug-likeness (QED) is 0.829. The third-order valence-corrected chi connectivity index (χ3v) is 3.54. The second-order valence-corrected chi connectivity index (χ2v) is 5.15. The van der Waals surface area contributed by atoms with Crippen LogP contribution in [0.3, 0.4) is 0 Å². The largest absolute Gasteiger partial charge is 0.497 e. The maximum atomic E-state index is 12.3. The van der Waals surface area contributed by atoms with Gasteiger partial charge in [-0.15, -0.1) is 0 Å². The molecule has 0 aliphatic rings. The molecule has 0 fully saturated rings. The number of methoxy groups -OCH3 is 2. The SMILES string of the molecule is COc1cc(N)cc(C(=O)Nc2cc(OC)ccc2Br)c1. The Bertz CT molecular complexity index is 674. The summed E-state index contributed by atoms with van der Waals surface area (Å²) in [6, 6.07) is 10.2. The fraction of sp³-hybridized carbons (Fsp3) is 0.133. The van der Waals surface area contributed by atoms with Crippen LogP contribution in [0.2, 0.25) is 0 Å². The Labute approximate surface area is 131 Å². The van der Waals surface area contributed by atoms with Crippen molar-refractivity contribution in [2.24, 2.45) is 0 Å². The van der Waals surface area contributed by atoms with Crippen LogP contribution in [0.1, 0.15) is 10.4 Å². The Kier molecular flexibility index (Phi) is 4.70. The highest BCUT2D eigenvalue weighted by molar-refractivity contribution is 9.10. The van der Waals surface area contributed by atoms with Crippen molar-refractivity contribution in [3.8, 4) is 11.5 Å². The highest BCUT2D eigenvalue weighted by Crippen LogP contribution is 2.28. The fourth-order valence-electron chi connectivity index (χ4n) is 1.79. The van der Waals surface area contributed by atoms with E-state index in [2.05, 4.69) is 21.2 Å². The molecule has 0 radical (unpaired) electrons. The van der Waals surface area contributed by atoms with Crippen LogP contribution in [0.15, 0.2) is 40.9 Å². The number of rotatable bonds is 4. The van der Waals surface area contributed by atoms with Gasteiger partial charge in [0.05, 0.1) is 19.9 Å². The number of anilines is 2. The number of halogens is 1. The molecule has 3 N–H and O–H groups in total. The summed E-state index contributed by atoms with van der Waals surface area (Å²) in [7, 11) is 3.09. The summed E-state index contributed by atoms with van der Waals surface area (Å²) in [4.78, 5) is 12.3. The number of benzene rings is 2. The number of carbonyl (C=O) groups is 1. The lowest BCUT2D eigenvalue weighted by Gasteiger charge is -2.10. The monoisotopic (exact) mass is 350 g/mol. The zero-order valence-electron chi connectivity index (χ0n) is 11.6. The van der Waals surface area contributed by atoms with Gasteiger partial charge in [0.2, 0.25) is 0 Å². The molecule has 110 valence electrons. The molecule has 0 spiro atoms. The highest BCUT2D eigenvalue weighted by atomic mass is 79.9. The lowest BCUT2D eigenvalue weighted by atomic mass is 10.1. The van der Waals surface area contributed by atoms with Gasteiger partial charge < -0.3 is 20.5 Å². The normalized spacial score (nSPS) is 10.0. The van der Waals surface area contributed by atoms with Gasteiger partial charge in [0.1, 0.15) is 11.5 Å². The zero-order chi connectivity index (χ0) is 15.4. The molecule has 2 aromatic rings. The predicted octanol–water partition coefficient (Wildman–Crippen LogP) is 3.30. The first-order valence-electron chi connectivity index (χ1n) is 6.13. The van der Waals surface area contributed by atoms with Crippen molar-refractivity contribution >= 4 is 33.2 Å². The zero-order valence-corrected chi connectivity index (χ0v) is 13.2. The molecular formula is C15H15BrN2O3. The summed E-state index contributed by atoms with van der Waals surface area (Å²) in [5.74, 6) is 0.901. The van der Waals surface area contributed by atoms with Gasteiger partial charge in [-0.25, -0.2) is 0 Å². The second kappa shape index (κ2) is 6.49. The number of nitrogen functional groups attached to an aromatic ring is 1. The van der Waals surface area contributed by atoms with Crippen molar-refractivity contribution in [2.75, 3.05) is 25.3 Å². The van der Waals surface area contributed by atoms with Crippen LogP contribution in [0.25, 0.3) is 0 Å². The number of hydrogen-bond donors (Lipinski definition) is 2. The van der Waals surface area contributed by atoms with E-state index in [9.17, 15) is 4.79 Å². The standard InChI is InChI=1S/C15H15BrN2O3/c1-20-11-3-4-13(16)14(8-11)18-15(19)9-5-10(17)7-12(6-9)21-2/h3-8H,17H2,1-2H3,(H,18,19). The number of amides is 1. The van der Waals surface area contributed by atoms with E-state index in [-0.39, 0.29) is 5.91 Å². The summed E-state index contributed by atoms with van der Waals surface area (Å²) < 4.78 is 11.0. The summed E-state index contributed by atoms with van der Waals surface area (Å²) in [5.41, 5.74) is 7.24. The molecule has 6 heteroatoms. The third kappa shape index (κ3) is 3.66. The van der Waals surface area contributed by atoms with Gasteiger partial charge >= 0.3 is 0 Å². The highest BCUT2D eigenvalue weighted by Gasteiger charge is 2.11. The maximum Gasteiger partial charge on any atom is 0.255 e. The van der Waals surface area contributed by atoms with Gasteiger partial charge in [-0.1, -0.05) is 0 Å². The lowest BCUT2D eigenvalue weighted by molar-refractivity contribution is 0.102. The topological polar surface area (TPSA) is 73.6 Å². The van der Waals surface area contributed by atoms with Gasteiger partial charge in [-0.2, -0.15) is 0 Å². The molecule has 1 amide bonds. The number of hydrogen-bond acceptors (Lipinski definition) is 4. The Balaban J connectivity index is 2.27. The molecule has 0 bridgehead atoms. The maximum absolute atomic E-state index is 12.3. The van der Waals surface area contributed by atoms with Crippen LogP contribution in [0, 0.1) is 0 Å². The molecule has 0 unspecified atom stereocenters. The first-order valence-corrected chi connectivity index (χ1v) is 6.92. The molecule has 0 aliphatic carbocycles. The van der Waals surface area contributed by atoms with Gasteiger partial charge in [0, 0.05) is 27.9 Å². The van der Waals surface area contributed by atoms with E-state index in [1.165, 1.54) is 7.11 Å². The van der Waals surface area contributed by atoms with Gasteiger partial charge in [-0.05, 0) is 40.2 Å². The molecule has 0 saturated carbocycles. The van der Waals surface area contributed by atoms with Gasteiger partial charge in [-0.3, -0.25) is 4.79 Å². The van der Waals surface area contributed by atoms with Crippen LogP contribution in [-0.4, -0.2) is 20.1 Å². The molecular weight excluding hydrogens is 336 g/mol. The van der Waals surface area contributed by atoms with Crippen LogP contribution in [-0.2, 0) is 0 Å². The fourth-order valence-corrected chi connectivity index (χ4v) is 2.14. The Morgan fingerprint density at radius 3 is 2.48 bits per heavy atom. The molecule has 0 saturated heterocycles. The number of nitrogens with one attached hydrogen (secondary N) is 1. The number of nitrogens with two attached hydrogens (primary N) is 1. The van der Waals surface area contributed by atoms with Crippen molar-refractivity contribution < 1.29 is 14.3 Å². The van der Waals surface area contributed by atoms with E-state index >= 15 is 0 Å². The number of carbonyl (C=O) groups excluding carboxylic acids is 1. The van der Waals surface area contributed by atoms with Gasteiger partial charge in [0.15, 0.2) is 0 Å². The van der Waals surface area contributed by atoms with E-state index in [1.54, 1.807) is 43.5 Å². The lowest BCUT2D eigenvalue weighted by Crippen LogP contribution is -2.13. The van der Waals surface area contributed by atoms with Gasteiger partial charge in [0.25, 0.3) is 5.91 Å². The molecule has 0 aliphatic heterocycles. The van der Waals surface area contributed by atoms with Crippen LogP contribution < -0.4 is 20.5 Å². The molecule has 0 atom stereocenters. The van der Waals surface area contributed by atoms with Crippen LogP contribution in [0.4, 0.5) is 11.4 Å². The number of ether oxygens (including phenoxy) is 2. The molecule has 21 heavy (non-hydrogen) atoms. The molecule has 0 aromatic heterocycles. The minimum Gasteiger partial charge on any atom is -0.497 e. The summed E-state index contributed by atoms with van der Waals surface area (Å²) in [5, 5.41) is 2.80. The van der Waals surface area contributed by atoms with Crippen molar-refractivity contribution in [1.82, 2.24) is 0 Å². The van der Waals surface area contributed by atoms with Crippen molar-refractivity contribution in [3.63, 3.8) is 0 Å².